The topological polar surface area (TPSA) is 9.72 Å². The standard InChI is InChI=1S/C104H97N3/c1-99-59-28-7-10-31-62-102(99,4)105(73-39-22-15-23-40-73)87-56-47-70(65-84(87)99)76-50-53-81-92-79(76)45-34-46-80(92)95-90(68-35-18-13-19-36-68)97-82-54-51-77(71-48-57-88-85(66-71)100(2)60-29-8-11-32-63-103(100,5)106(88)74-41-24-16-25-42-74)93-78(52-55-83(94(82)93)98(97)91(96(81)95)69-37-20-14-21-38-69)72-49-58-89-86(67-72)101(3)61-30-9-12-33-64-104(101,6)107(89)75-43-26-17-27-44-75/h13-27,34-58,65-67H,7-12,28-33,59-64H2,1-6H3. The number of para-hydroxylation sites is 3. The van der Waals surface area contributed by atoms with Crippen molar-refractivity contribution in [3.8, 4) is 55.6 Å². The minimum atomic E-state index is -0.0986. The van der Waals surface area contributed by atoms with Crippen molar-refractivity contribution < 1.29 is 0 Å². The van der Waals surface area contributed by atoms with Crippen LogP contribution in [0.4, 0.5) is 34.1 Å². The molecule has 3 fully saturated rings. The third-order valence-electron chi connectivity index (χ3n) is 29.7. The predicted molar refractivity (Wildman–Crippen MR) is 457 cm³/mol. The molecule has 6 aliphatic rings. The van der Waals surface area contributed by atoms with Crippen molar-refractivity contribution in [2.24, 2.45) is 0 Å². The lowest BCUT2D eigenvalue weighted by Crippen LogP contribution is -2.53. The summed E-state index contributed by atoms with van der Waals surface area (Å²) in [5.74, 6) is 0. The highest BCUT2D eigenvalue weighted by molar-refractivity contribution is 6.47. The van der Waals surface area contributed by atoms with Crippen molar-refractivity contribution >= 4 is 98.8 Å². The van der Waals surface area contributed by atoms with Crippen molar-refractivity contribution in [3.05, 3.63) is 278 Å². The van der Waals surface area contributed by atoms with Gasteiger partial charge >= 0.3 is 0 Å². The second-order valence-electron chi connectivity index (χ2n) is 34.7. The maximum absolute atomic E-state index is 2.77. The summed E-state index contributed by atoms with van der Waals surface area (Å²) in [6.45, 7) is 15.7. The highest BCUT2D eigenvalue weighted by Gasteiger charge is 2.59. The lowest BCUT2D eigenvalue weighted by Gasteiger charge is -2.48. The van der Waals surface area contributed by atoms with Crippen LogP contribution in [0, 0.1) is 0 Å². The first-order chi connectivity index (χ1) is 52.4. The van der Waals surface area contributed by atoms with E-state index < -0.39 is 0 Å². The zero-order valence-electron chi connectivity index (χ0n) is 63.4. The van der Waals surface area contributed by atoms with E-state index in [0.29, 0.717) is 0 Å². The molecular formula is C104H97N3. The van der Waals surface area contributed by atoms with E-state index in [1.807, 2.05) is 0 Å². The third-order valence-corrected chi connectivity index (χ3v) is 29.7. The Morgan fingerprint density at radius 1 is 0.215 bits per heavy atom. The maximum Gasteiger partial charge on any atom is 0.0517 e. The zero-order chi connectivity index (χ0) is 71.8. The monoisotopic (exact) mass is 1390 g/mol. The molecule has 0 saturated heterocycles. The van der Waals surface area contributed by atoms with Crippen LogP contribution in [0.2, 0.25) is 0 Å². The minimum absolute atomic E-state index is 0.0316. The molecule has 3 aliphatic heterocycles. The Morgan fingerprint density at radius 3 is 0.879 bits per heavy atom. The zero-order valence-corrected chi connectivity index (χ0v) is 63.4. The van der Waals surface area contributed by atoms with Gasteiger partial charge < -0.3 is 14.7 Å². The molecule has 0 radical (unpaired) electrons. The highest BCUT2D eigenvalue weighted by atomic mass is 15.3. The number of nitrogens with zero attached hydrogens (tertiary/aromatic N) is 3. The van der Waals surface area contributed by atoms with E-state index in [0.717, 1.165) is 25.7 Å². The van der Waals surface area contributed by atoms with Gasteiger partial charge in [0.2, 0.25) is 0 Å². The average molecular weight is 1390 g/mol. The molecule has 0 bridgehead atoms. The van der Waals surface area contributed by atoms with E-state index >= 15 is 0 Å². The second kappa shape index (κ2) is 24.1. The summed E-state index contributed by atoms with van der Waals surface area (Å²) in [5.41, 5.74) is 25.0. The molecule has 0 amide bonds. The summed E-state index contributed by atoms with van der Waals surface area (Å²) in [4.78, 5) is 8.29. The van der Waals surface area contributed by atoms with Crippen molar-refractivity contribution in [1.29, 1.82) is 0 Å². The van der Waals surface area contributed by atoms with Crippen molar-refractivity contribution in [2.75, 3.05) is 14.7 Å². The Labute approximate surface area is 632 Å². The fourth-order valence-corrected chi connectivity index (χ4v) is 23.8. The van der Waals surface area contributed by atoms with Gasteiger partial charge in [0.05, 0.1) is 16.6 Å². The second-order valence-corrected chi connectivity index (χ2v) is 34.7. The Morgan fingerprint density at radius 2 is 0.514 bits per heavy atom. The lowest BCUT2D eigenvalue weighted by atomic mass is 9.63. The number of rotatable bonds is 8. The number of fused-ring (bicyclic) bond motifs is 15. The largest absolute Gasteiger partial charge is 0.334 e. The molecule has 3 nitrogen and oxygen atoms in total. The summed E-state index contributed by atoms with van der Waals surface area (Å²) >= 11 is 0. The number of hydrogen-bond acceptors (Lipinski definition) is 3. The average Bonchev–Trinajstić information content (AvgIpc) is 1.53. The Kier molecular flexibility index (Phi) is 14.7. The van der Waals surface area contributed by atoms with Gasteiger partial charge in [-0.3, -0.25) is 0 Å². The van der Waals surface area contributed by atoms with Gasteiger partial charge in [0.1, 0.15) is 0 Å². The Balaban J connectivity index is 0.850. The molecule has 3 heteroatoms. The van der Waals surface area contributed by atoms with E-state index in [1.165, 1.54) is 261 Å². The molecule has 107 heavy (non-hydrogen) atoms. The van der Waals surface area contributed by atoms with Gasteiger partial charge in [-0.05, 0) is 269 Å². The molecule has 15 aromatic carbocycles. The normalized spacial score (nSPS) is 24.4. The van der Waals surface area contributed by atoms with Crippen LogP contribution in [-0.4, -0.2) is 16.6 Å². The fourth-order valence-electron chi connectivity index (χ4n) is 23.8. The summed E-state index contributed by atoms with van der Waals surface area (Å²) in [7, 11) is 0. The van der Waals surface area contributed by atoms with Crippen molar-refractivity contribution in [1.82, 2.24) is 0 Å². The van der Waals surface area contributed by atoms with E-state index in [9.17, 15) is 0 Å². The van der Waals surface area contributed by atoms with Crippen LogP contribution in [0.1, 0.15) is 174 Å². The van der Waals surface area contributed by atoms with Crippen LogP contribution < -0.4 is 14.7 Å². The number of benzene rings is 13. The molecule has 528 valence electrons. The quantitative estimate of drug-likeness (QED) is 0.150. The molecule has 6 atom stereocenters. The van der Waals surface area contributed by atoms with Gasteiger partial charge in [0.15, 0.2) is 0 Å². The van der Waals surface area contributed by atoms with Crippen LogP contribution in [0.15, 0.2) is 261 Å². The molecule has 6 unspecified atom stereocenters. The molecular weight excluding hydrogens is 1290 g/mol. The van der Waals surface area contributed by atoms with Crippen LogP contribution in [-0.2, 0) is 16.2 Å². The summed E-state index contributed by atoms with van der Waals surface area (Å²) in [5, 5.41) is 16.0. The molecule has 3 saturated carbocycles. The fraction of sp³-hybridized carbons (Fsp3) is 0.288. The summed E-state index contributed by atoms with van der Waals surface area (Å²) in [6, 6.07) is 103. The molecule has 3 heterocycles. The van der Waals surface area contributed by atoms with Crippen LogP contribution in [0.5, 0.6) is 0 Å². The summed E-state index contributed by atoms with van der Waals surface area (Å²) < 4.78 is 0. The highest BCUT2D eigenvalue weighted by Crippen LogP contribution is 2.66. The van der Waals surface area contributed by atoms with E-state index in [2.05, 4.69) is 317 Å². The molecule has 0 spiro atoms. The number of anilines is 6. The molecule has 21 rings (SSSR count). The van der Waals surface area contributed by atoms with Crippen LogP contribution in [0.3, 0.4) is 0 Å². The van der Waals surface area contributed by atoms with Gasteiger partial charge in [-0.15, -0.1) is 0 Å². The van der Waals surface area contributed by atoms with Crippen molar-refractivity contribution in [2.45, 2.75) is 190 Å². The molecule has 3 aliphatic carbocycles. The van der Waals surface area contributed by atoms with Gasteiger partial charge in [-0.2, -0.15) is 0 Å². The first-order valence-electron chi connectivity index (χ1n) is 40.9. The minimum Gasteiger partial charge on any atom is -0.334 e. The lowest BCUT2D eigenvalue weighted by molar-refractivity contribution is 0.218. The van der Waals surface area contributed by atoms with E-state index in [4.69, 9.17) is 0 Å². The smallest absolute Gasteiger partial charge is 0.0517 e. The van der Waals surface area contributed by atoms with Gasteiger partial charge in [0.25, 0.3) is 0 Å². The first-order valence-corrected chi connectivity index (χ1v) is 40.9. The van der Waals surface area contributed by atoms with Gasteiger partial charge in [-0.1, -0.05) is 286 Å². The van der Waals surface area contributed by atoms with E-state index in [-0.39, 0.29) is 32.9 Å². The Bertz CT molecular complexity index is 5760. The van der Waals surface area contributed by atoms with Crippen LogP contribution >= 0.6 is 0 Å². The summed E-state index contributed by atoms with van der Waals surface area (Å²) in [6.07, 6.45) is 22.2. The molecule has 0 aromatic heterocycles. The first kappa shape index (κ1) is 65.1. The Hall–Kier alpha value is -10.2. The third kappa shape index (κ3) is 9.01. The molecule has 15 aromatic rings. The van der Waals surface area contributed by atoms with Gasteiger partial charge in [0, 0.05) is 50.4 Å². The van der Waals surface area contributed by atoms with Crippen LogP contribution in [0.25, 0.3) is 120 Å². The number of hydrogen-bond donors (Lipinski definition) is 0. The van der Waals surface area contributed by atoms with E-state index in [1.54, 1.807) is 0 Å². The van der Waals surface area contributed by atoms with Gasteiger partial charge in [-0.25, -0.2) is 0 Å². The van der Waals surface area contributed by atoms with Crippen molar-refractivity contribution in [3.63, 3.8) is 0 Å². The maximum atomic E-state index is 2.77. The SMILES string of the molecule is CC12CCCCCCC1(C)N(c1ccccc1)c1ccc(-c3ccc4c5c(-c6ccccc6)c6c7ccc(-c8ccc9c(c8)C8(C)CCCCCCC8(C)N9c8ccccc8)c8c(-c9ccc%10c(c9)C9(C)CCCCCCC9(C)N%10c9ccccc9)ccc(c6c(-c6ccccc6)c5c5cccc3c54)c87)cc12. The predicted octanol–water partition coefficient (Wildman–Crippen LogP) is 29.4. The molecule has 0 N–H and O–H groups in total.